The van der Waals surface area contributed by atoms with Crippen LogP contribution in [0.2, 0.25) is 0 Å². The molecule has 4 N–H and O–H groups in total. The Morgan fingerprint density at radius 2 is 1.78 bits per heavy atom. The summed E-state index contributed by atoms with van der Waals surface area (Å²) < 4.78 is 5.65. The molecule has 140 valence electrons. The van der Waals surface area contributed by atoms with Crippen LogP contribution < -0.4 is 16.4 Å². The molecule has 6 heteroatoms. The molecule has 2 aromatic carbocycles. The molecule has 3 rings (SSSR count). The van der Waals surface area contributed by atoms with Gasteiger partial charge in [-0.25, -0.2) is 4.99 Å². The van der Waals surface area contributed by atoms with E-state index in [1.807, 2.05) is 48.5 Å². The van der Waals surface area contributed by atoms with Gasteiger partial charge < -0.3 is 21.1 Å². The maximum Gasteiger partial charge on any atom is 0.251 e. The van der Waals surface area contributed by atoms with Crippen LogP contribution >= 0.6 is 0 Å². The third-order valence-corrected chi connectivity index (χ3v) is 4.27. The summed E-state index contributed by atoms with van der Waals surface area (Å²) >= 11 is 0. The monoisotopic (exact) mass is 364 g/mol. The van der Waals surface area contributed by atoms with Crippen LogP contribution in [-0.2, 0) is 24.3 Å². The first-order chi connectivity index (χ1) is 13.1. The number of nitrogens with one attached hydrogen (secondary N) is 2. The highest BCUT2D eigenvalue weighted by molar-refractivity contribution is 5.94. The van der Waals surface area contributed by atoms with Crippen LogP contribution in [0.4, 0.5) is 0 Å². The van der Waals surface area contributed by atoms with E-state index in [0.29, 0.717) is 24.6 Å². The molecule has 1 amide bonds. The number of nitrogens with two attached hydrogens (primary N) is 1. The fourth-order valence-electron chi connectivity index (χ4n) is 2.62. The molecule has 0 radical (unpaired) electrons. The number of carbonyl (C=O) groups excluding carboxylic acids is 1. The van der Waals surface area contributed by atoms with E-state index in [-0.39, 0.29) is 5.91 Å². The number of carbonyl (C=O) groups is 1. The molecule has 1 aliphatic heterocycles. The molecule has 27 heavy (non-hydrogen) atoms. The molecular formula is C21H24N4O2. The van der Waals surface area contributed by atoms with Gasteiger partial charge in [0.05, 0.1) is 6.61 Å². The van der Waals surface area contributed by atoms with Gasteiger partial charge in [0.25, 0.3) is 5.91 Å². The highest BCUT2D eigenvalue weighted by Crippen LogP contribution is 2.09. The number of amides is 1. The SMILES string of the molecule is CCc1ccc(C(=O)NCc2ccc(COC3N=C(N)C=CN3)cc2)cc1. The van der Waals surface area contributed by atoms with E-state index in [1.54, 1.807) is 12.3 Å². The first-order valence-electron chi connectivity index (χ1n) is 8.96. The predicted octanol–water partition coefficient (Wildman–Crippen LogP) is 2.45. The number of aliphatic imine (C=N–C) groups is 1. The van der Waals surface area contributed by atoms with Crippen molar-refractivity contribution in [2.45, 2.75) is 32.8 Å². The van der Waals surface area contributed by atoms with Crippen LogP contribution in [0.15, 0.2) is 65.8 Å². The Kier molecular flexibility index (Phi) is 6.22. The van der Waals surface area contributed by atoms with Crippen molar-refractivity contribution in [2.75, 3.05) is 0 Å². The number of aryl methyl sites for hydroxylation is 1. The quantitative estimate of drug-likeness (QED) is 0.704. The van der Waals surface area contributed by atoms with Crippen LogP contribution in [0.5, 0.6) is 0 Å². The lowest BCUT2D eigenvalue weighted by molar-refractivity contribution is 0.0322. The van der Waals surface area contributed by atoms with Gasteiger partial charge >= 0.3 is 0 Å². The molecule has 6 nitrogen and oxygen atoms in total. The van der Waals surface area contributed by atoms with E-state index >= 15 is 0 Å². The normalized spacial score (nSPS) is 15.7. The molecule has 1 heterocycles. The molecule has 0 bridgehead atoms. The second-order valence-electron chi connectivity index (χ2n) is 6.27. The van der Waals surface area contributed by atoms with Crippen molar-refractivity contribution in [1.82, 2.24) is 10.6 Å². The number of benzene rings is 2. The van der Waals surface area contributed by atoms with Gasteiger partial charge in [0.1, 0.15) is 5.84 Å². The van der Waals surface area contributed by atoms with E-state index in [2.05, 4.69) is 22.5 Å². The largest absolute Gasteiger partial charge is 0.384 e. The van der Waals surface area contributed by atoms with E-state index in [1.165, 1.54) is 5.56 Å². The summed E-state index contributed by atoms with van der Waals surface area (Å²) in [4.78, 5) is 16.4. The summed E-state index contributed by atoms with van der Waals surface area (Å²) in [5.74, 6) is 0.367. The average molecular weight is 364 g/mol. The summed E-state index contributed by atoms with van der Waals surface area (Å²) in [6.07, 6.45) is 3.90. The van der Waals surface area contributed by atoms with E-state index in [4.69, 9.17) is 10.5 Å². The summed E-state index contributed by atoms with van der Waals surface area (Å²) in [6, 6.07) is 15.6. The first-order valence-corrected chi connectivity index (χ1v) is 8.96. The second kappa shape index (κ2) is 9.00. The van der Waals surface area contributed by atoms with E-state index in [9.17, 15) is 4.79 Å². The van der Waals surface area contributed by atoms with Crippen molar-refractivity contribution < 1.29 is 9.53 Å². The van der Waals surface area contributed by atoms with Crippen molar-refractivity contribution in [3.8, 4) is 0 Å². The van der Waals surface area contributed by atoms with Gasteiger partial charge in [-0.05, 0) is 41.3 Å². The van der Waals surface area contributed by atoms with Crippen LogP contribution in [0.25, 0.3) is 0 Å². The molecule has 0 saturated heterocycles. The number of hydrogen-bond acceptors (Lipinski definition) is 5. The summed E-state index contributed by atoms with van der Waals surface area (Å²) in [7, 11) is 0. The summed E-state index contributed by atoms with van der Waals surface area (Å²) in [6.45, 7) is 2.99. The molecule has 0 saturated carbocycles. The first kappa shape index (κ1) is 18.7. The summed E-state index contributed by atoms with van der Waals surface area (Å²) in [5, 5.41) is 5.91. The topological polar surface area (TPSA) is 88.7 Å². The molecule has 1 atom stereocenters. The molecule has 1 unspecified atom stereocenters. The Balaban J connectivity index is 1.47. The van der Waals surface area contributed by atoms with Gasteiger partial charge in [0.2, 0.25) is 6.35 Å². The molecule has 2 aromatic rings. The predicted molar refractivity (Wildman–Crippen MR) is 106 cm³/mol. The highest BCUT2D eigenvalue weighted by Gasteiger charge is 2.09. The number of hydrogen-bond donors (Lipinski definition) is 3. The average Bonchev–Trinajstić information content (AvgIpc) is 2.71. The number of amidine groups is 1. The van der Waals surface area contributed by atoms with Crippen molar-refractivity contribution in [2.24, 2.45) is 10.7 Å². The Labute approximate surface area is 159 Å². The Bertz CT molecular complexity index is 826. The molecule has 0 aliphatic carbocycles. The van der Waals surface area contributed by atoms with Gasteiger partial charge in [-0.3, -0.25) is 4.79 Å². The van der Waals surface area contributed by atoms with Crippen LogP contribution in [0.1, 0.15) is 34.0 Å². The zero-order chi connectivity index (χ0) is 19.1. The van der Waals surface area contributed by atoms with E-state index in [0.717, 1.165) is 17.5 Å². The third-order valence-electron chi connectivity index (χ3n) is 4.27. The smallest absolute Gasteiger partial charge is 0.251 e. The van der Waals surface area contributed by atoms with Crippen LogP contribution in [-0.4, -0.2) is 18.1 Å². The fourth-order valence-corrected chi connectivity index (χ4v) is 2.62. The third kappa shape index (κ3) is 5.43. The molecule has 0 aromatic heterocycles. The highest BCUT2D eigenvalue weighted by atomic mass is 16.5. The lowest BCUT2D eigenvalue weighted by Gasteiger charge is -2.17. The Morgan fingerprint density at radius 3 is 2.44 bits per heavy atom. The van der Waals surface area contributed by atoms with Gasteiger partial charge in [0, 0.05) is 18.3 Å². The lowest BCUT2D eigenvalue weighted by Crippen LogP contribution is -2.31. The zero-order valence-corrected chi connectivity index (χ0v) is 15.3. The number of nitrogens with zero attached hydrogens (tertiary/aromatic N) is 1. The van der Waals surface area contributed by atoms with Crippen LogP contribution in [0.3, 0.4) is 0 Å². The minimum atomic E-state index is -0.465. The number of ether oxygens (including phenoxy) is 1. The molecule has 0 spiro atoms. The molecular weight excluding hydrogens is 340 g/mol. The maximum atomic E-state index is 12.2. The van der Waals surface area contributed by atoms with E-state index < -0.39 is 6.35 Å². The second-order valence-corrected chi connectivity index (χ2v) is 6.27. The van der Waals surface area contributed by atoms with Gasteiger partial charge in [0.15, 0.2) is 0 Å². The molecule has 1 aliphatic rings. The standard InChI is InChI=1S/C21H24N4O2/c1-2-15-7-9-18(10-8-15)20(26)24-13-16-3-5-17(6-4-16)14-27-21-23-12-11-19(22)25-21/h3-12,21,23H,2,13-14H2,1H3,(H2,22,25)(H,24,26). The lowest BCUT2D eigenvalue weighted by atomic mass is 10.1. The van der Waals surface area contributed by atoms with Crippen molar-refractivity contribution >= 4 is 11.7 Å². The summed E-state index contributed by atoms with van der Waals surface area (Å²) in [5.41, 5.74) is 9.57. The van der Waals surface area contributed by atoms with Crippen molar-refractivity contribution in [3.63, 3.8) is 0 Å². The van der Waals surface area contributed by atoms with Crippen LogP contribution in [0, 0.1) is 0 Å². The minimum Gasteiger partial charge on any atom is -0.384 e. The zero-order valence-electron chi connectivity index (χ0n) is 15.3. The maximum absolute atomic E-state index is 12.2. The fraction of sp³-hybridized carbons (Fsp3) is 0.238. The number of rotatable bonds is 7. The van der Waals surface area contributed by atoms with Gasteiger partial charge in [-0.1, -0.05) is 43.3 Å². The van der Waals surface area contributed by atoms with Gasteiger partial charge in [-0.2, -0.15) is 0 Å². The van der Waals surface area contributed by atoms with Crippen molar-refractivity contribution in [1.29, 1.82) is 0 Å². The van der Waals surface area contributed by atoms with Gasteiger partial charge in [-0.15, -0.1) is 0 Å². The Morgan fingerprint density at radius 1 is 1.11 bits per heavy atom. The Hall–Kier alpha value is -3.12. The van der Waals surface area contributed by atoms with Crippen molar-refractivity contribution in [3.05, 3.63) is 83.1 Å². The minimum absolute atomic E-state index is 0.0723. The molecule has 0 fully saturated rings.